The Balaban J connectivity index is 2.18. The summed E-state index contributed by atoms with van der Waals surface area (Å²) in [6.45, 7) is 6.26. The highest BCUT2D eigenvalue weighted by Gasteiger charge is 2.17. The van der Waals surface area contributed by atoms with Crippen molar-refractivity contribution in [1.82, 2.24) is 24.5 Å². The van der Waals surface area contributed by atoms with Crippen LogP contribution in [0.15, 0.2) is 12.4 Å². The van der Waals surface area contributed by atoms with Gasteiger partial charge in [0.2, 0.25) is 0 Å². The van der Waals surface area contributed by atoms with Gasteiger partial charge in [0.15, 0.2) is 0 Å². The molecule has 0 aliphatic carbocycles. The van der Waals surface area contributed by atoms with Gasteiger partial charge in [-0.2, -0.15) is 10.2 Å². The highest BCUT2D eigenvalue weighted by atomic mass is 15.3. The molecule has 104 valence electrons. The Morgan fingerprint density at radius 2 is 2.11 bits per heavy atom. The molecule has 1 atom stereocenters. The standard InChI is InChI=1S/C13H22N6/c1-5-10-6-12(18(4)17-10)11(14)7-13-15-8-16-19(13)9(2)3/h6,8-9,11H,5,7,14H2,1-4H3. The maximum Gasteiger partial charge on any atom is 0.138 e. The van der Waals surface area contributed by atoms with Crippen LogP contribution < -0.4 is 5.73 Å². The Labute approximate surface area is 113 Å². The second-order valence-corrected chi connectivity index (χ2v) is 5.06. The van der Waals surface area contributed by atoms with Gasteiger partial charge in [-0.1, -0.05) is 6.92 Å². The van der Waals surface area contributed by atoms with Crippen LogP contribution in [0.5, 0.6) is 0 Å². The summed E-state index contributed by atoms with van der Waals surface area (Å²) in [6.07, 6.45) is 3.17. The van der Waals surface area contributed by atoms with Gasteiger partial charge in [0.25, 0.3) is 0 Å². The van der Waals surface area contributed by atoms with Crippen LogP contribution in [0.3, 0.4) is 0 Å². The minimum atomic E-state index is -0.112. The molecule has 0 saturated carbocycles. The molecule has 2 heterocycles. The highest BCUT2D eigenvalue weighted by Crippen LogP contribution is 2.17. The van der Waals surface area contributed by atoms with Crippen molar-refractivity contribution in [3.63, 3.8) is 0 Å². The average molecular weight is 262 g/mol. The molecule has 0 spiro atoms. The normalized spacial score (nSPS) is 13.2. The SMILES string of the molecule is CCc1cc(C(N)Cc2ncnn2C(C)C)n(C)n1. The third-order valence-corrected chi connectivity index (χ3v) is 3.25. The van der Waals surface area contributed by atoms with Crippen molar-refractivity contribution in [2.75, 3.05) is 0 Å². The van der Waals surface area contributed by atoms with Crippen LogP contribution in [0.2, 0.25) is 0 Å². The molecule has 2 aromatic rings. The van der Waals surface area contributed by atoms with Crippen LogP contribution in [-0.4, -0.2) is 24.5 Å². The number of nitrogens with two attached hydrogens (primary N) is 1. The third-order valence-electron chi connectivity index (χ3n) is 3.25. The summed E-state index contributed by atoms with van der Waals surface area (Å²) in [5.41, 5.74) is 8.39. The van der Waals surface area contributed by atoms with Crippen LogP contribution in [0, 0.1) is 0 Å². The van der Waals surface area contributed by atoms with Crippen LogP contribution >= 0.6 is 0 Å². The topological polar surface area (TPSA) is 74.5 Å². The van der Waals surface area contributed by atoms with E-state index in [1.165, 1.54) is 0 Å². The summed E-state index contributed by atoms with van der Waals surface area (Å²) < 4.78 is 3.77. The van der Waals surface area contributed by atoms with Gasteiger partial charge in [0.05, 0.1) is 17.4 Å². The van der Waals surface area contributed by atoms with Crippen molar-refractivity contribution in [3.8, 4) is 0 Å². The maximum absolute atomic E-state index is 6.28. The van der Waals surface area contributed by atoms with Crippen molar-refractivity contribution >= 4 is 0 Å². The number of hydrogen-bond acceptors (Lipinski definition) is 4. The Morgan fingerprint density at radius 3 is 2.68 bits per heavy atom. The second-order valence-electron chi connectivity index (χ2n) is 5.06. The van der Waals surface area contributed by atoms with E-state index in [4.69, 9.17) is 5.73 Å². The van der Waals surface area contributed by atoms with Gasteiger partial charge in [-0.3, -0.25) is 4.68 Å². The van der Waals surface area contributed by atoms with Crippen LogP contribution in [0.1, 0.15) is 50.1 Å². The molecule has 2 aromatic heterocycles. The summed E-state index contributed by atoms with van der Waals surface area (Å²) in [6, 6.07) is 2.25. The van der Waals surface area contributed by atoms with Crippen LogP contribution in [0.4, 0.5) is 0 Å². The lowest BCUT2D eigenvalue weighted by atomic mass is 10.1. The highest BCUT2D eigenvalue weighted by molar-refractivity contribution is 5.15. The largest absolute Gasteiger partial charge is 0.322 e. The predicted molar refractivity (Wildman–Crippen MR) is 73.6 cm³/mol. The van der Waals surface area contributed by atoms with Crippen LogP contribution in [-0.2, 0) is 19.9 Å². The first-order chi connectivity index (χ1) is 9.02. The molecule has 2 rings (SSSR count). The monoisotopic (exact) mass is 262 g/mol. The zero-order valence-corrected chi connectivity index (χ0v) is 12.0. The minimum Gasteiger partial charge on any atom is -0.322 e. The second kappa shape index (κ2) is 5.52. The van der Waals surface area contributed by atoms with E-state index in [-0.39, 0.29) is 6.04 Å². The molecule has 0 aromatic carbocycles. The summed E-state index contributed by atoms with van der Waals surface area (Å²) in [4.78, 5) is 4.30. The number of hydrogen-bond donors (Lipinski definition) is 1. The fourth-order valence-corrected chi connectivity index (χ4v) is 2.22. The average Bonchev–Trinajstić information content (AvgIpc) is 2.95. The molecular weight excluding hydrogens is 240 g/mol. The van der Waals surface area contributed by atoms with Gasteiger partial charge in [-0.15, -0.1) is 0 Å². The summed E-state index contributed by atoms with van der Waals surface area (Å²) in [5, 5.41) is 8.66. The Morgan fingerprint density at radius 1 is 1.37 bits per heavy atom. The van der Waals surface area contributed by atoms with Crippen molar-refractivity contribution in [1.29, 1.82) is 0 Å². The number of rotatable bonds is 5. The lowest BCUT2D eigenvalue weighted by Crippen LogP contribution is -2.20. The van der Waals surface area contributed by atoms with Gasteiger partial charge < -0.3 is 5.73 Å². The Hall–Kier alpha value is -1.69. The molecule has 0 aliphatic rings. The first kappa shape index (κ1) is 13.7. The van der Waals surface area contributed by atoms with E-state index in [0.717, 1.165) is 23.6 Å². The van der Waals surface area contributed by atoms with Crippen LogP contribution in [0.25, 0.3) is 0 Å². The van der Waals surface area contributed by atoms with E-state index in [2.05, 4.69) is 42.0 Å². The quantitative estimate of drug-likeness (QED) is 0.883. The van der Waals surface area contributed by atoms with E-state index in [0.29, 0.717) is 12.5 Å². The fraction of sp³-hybridized carbons (Fsp3) is 0.615. The smallest absolute Gasteiger partial charge is 0.138 e. The van der Waals surface area contributed by atoms with E-state index in [9.17, 15) is 0 Å². The number of aromatic nitrogens is 5. The lowest BCUT2D eigenvalue weighted by Gasteiger charge is -2.14. The molecule has 0 radical (unpaired) electrons. The zero-order valence-electron chi connectivity index (χ0n) is 12.0. The maximum atomic E-state index is 6.28. The molecule has 6 nitrogen and oxygen atoms in total. The van der Waals surface area contributed by atoms with Gasteiger partial charge >= 0.3 is 0 Å². The molecule has 0 amide bonds. The van der Waals surface area contributed by atoms with Crippen molar-refractivity contribution in [3.05, 3.63) is 29.6 Å². The van der Waals surface area contributed by atoms with Gasteiger partial charge in [-0.25, -0.2) is 9.67 Å². The zero-order chi connectivity index (χ0) is 14.0. The van der Waals surface area contributed by atoms with Gasteiger partial charge in [-0.05, 0) is 26.3 Å². The molecule has 19 heavy (non-hydrogen) atoms. The van der Waals surface area contributed by atoms with E-state index >= 15 is 0 Å². The molecule has 6 heteroatoms. The summed E-state index contributed by atoms with van der Waals surface area (Å²) in [7, 11) is 1.93. The first-order valence-corrected chi connectivity index (χ1v) is 6.69. The van der Waals surface area contributed by atoms with E-state index < -0.39 is 0 Å². The minimum absolute atomic E-state index is 0.112. The molecule has 0 fully saturated rings. The lowest BCUT2D eigenvalue weighted by molar-refractivity contribution is 0.487. The predicted octanol–water partition coefficient (Wildman–Crippen LogP) is 1.40. The molecule has 0 saturated heterocycles. The molecule has 1 unspecified atom stereocenters. The molecular formula is C13H22N6. The Kier molecular flexibility index (Phi) is 3.99. The van der Waals surface area contributed by atoms with Crippen molar-refractivity contribution in [2.24, 2.45) is 12.8 Å². The third kappa shape index (κ3) is 2.84. The van der Waals surface area contributed by atoms with E-state index in [1.807, 2.05) is 16.4 Å². The van der Waals surface area contributed by atoms with E-state index in [1.54, 1.807) is 6.33 Å². The van der Waals surface area contributed by atoms with Gasteiger partial charge in [0, 0.05) is 19.5 Å². The van der Waals surface area contributed by atoms with Gasteiger partial charge in [0.1, 0.15) is 12.2 Å². The molecule has 0 bridgehead atoms. The summed E-state index contributed by atoms with van der Waals surface area (Å²) >= 11 is 0. The summed E-state index contributed by atoms with van der Waals surface area (Å²) in [5.74, 6) is 0.918. The van der Waals surface area contributed by atoms with Crippen molar-refractivity contribution < 1.29 is 0 Å². The Bertz CT molecular complexity index is 539. The number of nitrogens with zero attached hydrogens (tertiary/aromatic N) is 5. The molecule has 0 aliphatic heterocycles. The fourth-order valence-electron chi connectivity index (χ4n) is 2.22. The van der Waals surface area contributed by atoms with Crippen molar-refractivity contribution in [2.45, 2.75) is 45.7 Å². The molecule has 2 N–H and O–H groups in total. The first-order valence-electron chi connectivity index (χ1n) is 6.69. The number of aryl methyl sites for hydroxylation is 2.